The van der Waals surface area contributed by atoms with Crippen LogP contribution in [0.2, 0.25) is 0 Å². The molecule has 0 amide bonds. The van der Waals surface area contributed by atoms with Crippen LogP contribution in [0.4, 0.5) is 13.2 Å². The lowest BCUT2D eigenvalue weighted by Gasteiger charge is -2.09. The highest BCUT2D eigenvalue weighted by atomic mass is 19.4. The molecule has 0 aliphatic heterocycles. The Hall–Kier alpha value is -1.27. The minimum atomic E-state index is -4.17. The van der Waals surface area contributed by atoms with Gasteiger partial charge in [0.2, 0.25) is 0 Å². The smallest absolute Gasteiger partial charge is 0.401 e. The summed E-state index contributed by atoms with van der Waals surface area (Å²) in [7, 11) is 0. The second kappa shape index (κ2) is 7.94. The maximum absolute atomic E-state index is 11.7. The summed E-state index contributed by atoms with van der Waals surface area (Å²) < 4.78 is 45.7. The van der Waals surface area contributed by atoms with Crippen LogP contribution >= 0.6 is 0 Å². The zero-order valence-corrected chi connectivity index (χ0v) is 9.87. The van der Waals surface area contributed by atoms with Crippen molar-refractivity contribution >= 4 is 0 Å². The van der Waals surface area contributed by atoms with E-state index in [0.717, 1.165) is 5.75 Å². The normalized spacial score (nSPS) is 11.5. The Labute approximate surface area is 104 Å². The summed E-state index contributed by atoms with van der Waals surface area (Å²) in [6.45, 7) is 0.141. The van der Waals surface area contributed by atoms with Gasteiger partial charge in [0.05, 0.1) is 19.8 Å². The molecule has 0 saturated heterocycles. The molecule has 0 fully saturated rings. The van der Waals surface area contributed by atoms with Gasteiger partial charge in [0.1, 0.15) is 12.4 Å². The van der Waals surface area contributed by atoms with Crippen LogP contribution < -0.4 is 10.1 Å². The Morgan fingerprint density at radius 2 is 1.72 bits per heavy atom. The summed E-state index contributed by atoms with van der Waals surface area (Å²) in [4.78, 5) is 0. The predicted octanol–water partition coefficient (Wildman–Crippen LogP) is 2.23. The fourth-order valence-electron chi connectivity index (χ4n) is 1.21. The maximum Gasteiger partial charge on any atom is 0.401 e. The van der Waals surface area contributed by atoms with Gasteiger partial charge in [0.15, 0.2) is 0 Å². The fourth-order valence-corrected chi connectivity index (χ4v) is 1.21. The maximum atomic E-state index is 11.7. The zero-order valence-electron chi connectivity index (χ0n) is 9.87. The van der Waals surface area contributed by atoms with Crippen molar-refractivity contribution in [2.75, 3.05) is 32.9 Å². The number of hydrogen-bond acceptors (Lipinski definition) is 3. The molecule has 0 radical (unpaired) electrons. The Bertz CT molecular complexity index is 317. The topological polar surface area (TPSA) is 30.5 Å². The molecule has 1 N–H and O–H groups in total. The summed E-state index contributed by atoms with van der Waals surface area (Å²) in [5.41, 5.74) is 0. The summed E-state index contributed by atoms with van der Waals surface area (Å²) >= 11 is 0. The molecule has 1 aromatic carbocycles. The van der Waals surface area contributed by atoms with Crippen molar-refractivity contribution in [3.05, 3.63) is 30.3 Å². The van der Waals surface area contributed by atoms with Gasteiger partial charge < -0.3 is 14.8 Å². The Morgan fingerprint density at radius 3 is 2.39 bits per heavy atom. The van der Waals surface area contributed by atoms with Crippen LogP contribution in [0.25, 0.3) is 0 Å². The molecule has 0 aliphatic rings. The lowest BCUT2D eigenvalue weighted by molar-refractivity contribution is -0.125. The van der Waals surface area contributed by atoms with E-state index >= 15 is 0 Å². The van der Waals surface area contributed by atoms with Gasteiger partial charge in [-0.3, -0.25) is 0 Å². The van der Waals surface area contributed by atoms with E-state index in [0.29, 0.717) is 13.2 Å². The number of para-hydroxylation sites is 1. The molecule has 6 heteroatoms. The van der Waals surface area contributed by atoms with Crippen molar-refractivity contribution in [2.45, 2.75) is 6.18 Å². The first-order chi connectivity index (χ1) is 8.58. The van der Waals surface area contributed by atoms with Crippen molar-refractivity contribution in [2.24, 2.45) is 0 Å². The van der Waals surface area contributed by atoms with E-state index in [-0.39, 0.29) is 13.2 Å². The standard InChI is InChI=1S/C12H16F3NO2/c13-12(14,15)10-16-6-7-17-8-9-18-11-4-2-1-3-5-11/h1-5,16H,6-10H2. The number of ether oxygens (including phenoxy) is 2. The first kappa shape index (κ1) is 14.8. The number of benzene rings is 1. The third-order valence-corrected chi connectivity index (χ3v) is 1.99. The van der Waals surface area contributed by atoms with Gasteiger partial charge >= 0.3 is 6.18 Å². The number of hydrogen-bond donors (Lipinski definition) is 1. The van der Waals surface area contributed by atoms with E-state index in [1.807, 2.05) is 30.3 Å². The van der Waals surface area contributed by atoms with E-state index in [4.69, 9.17) is 9.47 Å². The van der Waals surface area contributed by atoms with Crippen LogP contribution in [-0.2, 0) is 4.74 Å². The van der Waals surface area contributed by atoms with Crippen LogP contribution in [-0.4, -0.2) is 39.1 Å². The molecule has 102 valence electrons. The van der Waals surface area contributed by atoms with Gasteiger partial charge in [-0.15, -0.1) is 0 Å². The van der Waals surface area contributed by atoms with Gasteiger partial charge in [-0.1, -0.05) is 18.2 Å². The first-order valence-electron chi connectivity index (χ1n) is 5.61. The van der Waals surface area contributed by atoms with Gasteiger partial charge in [-0.05, 0) is 12.1 Å². The number of nitrogens with one attached hydrogen (secondary N) is 1. The molecule has 0 atom stereocenters. The van der Waals surface area contributed by atoms with Crippen LogP contribution in [0, 0.1) is 0 Å². The number of alkyl halides is 3. The zero-order chi connectivity index (χ0) is 13.3. The number of rotatable bonds is 8. The van der Waals surface area contributed by atoms with Crippen molar-refractivity contribution in [3.8, 4) is 5.75 Å². The average Bonchev–Trinajstić information content (AvgIpc) is 2.32. The Morgan fingerprint density at radius 1 is 1.00 bits per heavy atom. The summed E-state index contributed by atoms with van der Waals surface area (Å²) in [6, 6.07) is 9.25. The summed E-state index contributed by atoms with van der Waals surface area (Å²) in [6.07, 6.45) is -4.17. The van der Waals surface area contributed by atoms with Gasteiger partial charge in [-0.2, -0.15) is 13.2 Å². The van der Waals surface area contributed by atoms with Crippen molar-refractivity contribution in [1.29, 1.82) is 0 Å². The van der Waals surface area contributed by atoms with Crippen LogP contribution in [0.3, 0.4) is 0 Å². The van der Waals surface area contributed by atoms with Gasteiger partial charge in [0.25, 0.3) is 0 Å². The molecule has 1 rings (SSSR count). The quantitative estimate of drug-likeness (QED) is 0.730. The second-order valence-corrected chi connectivity index (χ2v) is 3.57. The fraction of sp³-hybridized carbons (Fsp3) is 0.500. The van der Waals surface area contributed by atoms with E-state index < -0.39 is 12.7 Å². The predicted molar refractivity (Wildman–Crippen MR) is 61.7 cm³/mol. The van der Waals surface area contributed by atoms with Crippen molar-refractivity contribution in [3.63, 3.8) is 0 Å². The summed E-state index contributed by atoms with van der Waals surface area (Å²) in [5.74, 6) is 0.747. The number of halogens is 3. The second-order valence-electron chi connectivity index (χ2n) is 3.57. The van der Waals surface area contributed by atoms with Crippen LogP contribution in [0.15, 0.2) is 30.3 Å². The third kappa shape index (κ3) is 7.92. The molecule has 0 unspecified atom stereocenters. The molecule has 0 saturated carbocycles. The molecule has 18 heavy (non-hydrogen) atoms. The van der Waals surface area contributed by atoms with Crippen LogP contribution in [0.5, 0.6) is 5.75 Å². The van der Waals surface area contributed by atoms with Crippen LogP contribution in [0.1, 0.15) is 0 Å². The van der Waals surface area contributed by atoms with E-state index in [1.54, 1.807) is 0 Å². The molecule has 0 spiro atoms. The SMILES string of the molecule is FC(F)(F)CNCCOCCOc1ccccc1. The summed E-state index contributed by atoms with van der Waals surface area (Å²) in [5, 5.41) is 2.24. The van der Waals surface area contributed by atoms with Crippen molar-refractivity contribution in [1.82, 2.24) is 5.32 Å². The van der Waals surface area contributed by atoms with Gasteiger partial charge in [-0.25, -0.2) is 0 Å². The Balaban J connectivity index is 1.90. The minimum Gasteiger partial charge on any atom is -0.491 e. The molecule has 1 aromatic rings. The van der Waals surface area contributed by atoms with Crippen molar-refractivity contribution < 1.29 is 22.6 Å². The highest BCUT2D eigenvalue weighted by molar-refractivity contribution is 5.20. The van der Waals surface area contributed by atoms with E-state index in [9.17, 15) is 13.2 Å². The minimum absolute atomic E-state index is 0.171. The highest BCUT2D eigenvalue weighted by Crippen LogP contribution is 2.11. The molecule has 3 nitrogen and oxygen atoms in total. The molecule has 0 aliphatic carbocycles. The Kier molecular flexibility index (Phi) is 6.53. The molecule has 0 aromatic heterocycles. The molecule has 0 heterocycles. The first-order valence-corrected chi connectivity index (χ1v) is 5.61. The highest BCUT2D eigenvalue weighted by Gasteiger charge is 2.25. The molecular weight excluding hydrogens is 247 g/mol. The molecular formula is C12H16F3NO2. The largest absolute Gasteiger partial charge is 0.491 e. The van der Waals surface area contributed by atoms with E-state index in [2.05, 4.69) is 5.32 Å². The van der Waals surface area contributed by atoms with Gasteiger partial charge in [0, 0.05) is 6.54 Å². The average molecular weight is 263 g/mol. The molecule has 0 bridgehead atoms. The lowest BCUT2D eigenvalue weighted by Crippen LogP contribution is -2.31. The monoisotopic (exact) mass is 263 g/mol. The lowest BCUT2D eigenvalue weighted by atomic mass is 10.3. The third-order valence-electron chi connectivity index (χ3n) is 1.99. The van der Waals surface area contributed by atoms with E-state index in [1.165, 1.54) is 0 Å².